The average molecular weight is 342 g/mol. The Morgan fingerprint density at radius 3 is 3.00 bits per heavy atom. The fraction of sp³-hybridized carbons (Fsp3) is 0.412. The number of nitrogens with two attached hydrogens (primary N) is 1. The fourth-order valence-corrected chi connectivity index (χ4v) is 3.27. The highest BCUT2D eigenvalue weighted by Gasteiger charge is 2.25. The van der Waals surface area contributed by atoms with Crippen LogP contribution in [0.15, 0.2) is 35.4 Å². The zero-order chi connectivity index (χ0) is 17.2. The third-order valence-corrected chi connectivity index (χ3v) is 4.62. The Bertz CT molecular complexity index is 847. The van der Waals surface area contributed by atoms with Gasteiger partial charge in [0.1, 0.15) is 18.5 Å². The number of hydrogen-bond donors (Lipinski definition) is 1. The molecule has 130 valence electrons. The van der Waals surface area contributed by atoms with Gasteiger partial charge in [0.05, 0.1) is 6.54 Å². The molecule has 8 heteroatoms. The second-order valence-corrected chi connectivity index (χ2v) is 6.48. The van der Waals surface area contributed by atoms with Crippen molar-refractivity contribution in [3.8, 4) is 11.4 Å². The van der Waals surface area contributed by atoms with E-state index in [9.17, 15) is 4.39 Å². The fourth-order valence-electron chi connectivity index (χ4n) is 3.27. The molecule has 7 nitrogen and oxygen atoms in total. The Labute approximate surface area is 144 Å². The van der Waals surface area contributed by atoms with Gasteiger partial charge in [-0.15, -0.1) is 0 Å². The zero-order valence-corrected chi connectivity index (χ0v) is 13.7. The molecule has 2 aromatic heterocycles. The molecule has 0 unspecified atom stereocenters. The van der Waals surface area contributed by atoms with Crippen LogP contribution in [0.4, 0.5) is 4.39 Å². The summed E-state index contributed by atoms with van der Waals surface area (Å²) in [5.74, 6) is 0.859. The maximum absolute atomic E-state index is 14.4. The highest BCUT2D eigenvalue weighted by molar-refractivity contribution is 5.55. The van der Waals surface area contributed by atoms with Crippen LogP contribution < -0.4 is 5.73 Å². The highest BCUT2D eigenvalue weighted by Crippen LogP contribution is 2.32. The second-order valence-electron chi connectivity index (χ2n) is 6.48. The van der Waals surface area contributed by atoms with Crippen LogP contribution in [0, 0.1) is 5.82 Å². The van der Waals surface area contributed by atoms with E-state index in [-0.39, 0.29) is 17.8 Å². The summed E-state index contributed by atoms with van der Waals surface area (Å²) >= 11 is 0. The molecular weight excluding hydrogens is 323 g/mol. The summed E-state index contributed by atoms with van der Waals surface area (Å²) in [5.41, 5.74) is 7.14. The normalized spacial score (nSPS) is 20.7. The quantitative estimate of drug-likeness (QED) is 0.782. The first-order chi connectivity index (χ1) is 12.2. The smallest absolute Gasteiger partial charge is 0.230 e. The standard InChI is InChI=1S/C17H19FN6O/c18-15-7-11(4-5-13(15)8-24-10-20-9-21-24)16-22-17(25-23-16)12-2-1-3-14(19)6-12/h4-5,7,9-10,12,14H,1-3,6,8,19H2/t12-,14+/m0/s1. The van der Waals surface area contributed by atoms with E-state index in [0.717, 1.165) is 25.7 Å². The van der Waals surface area contributed by atoms with Crippen LogP contribution in [-0.2, 0) is 6.54 Å². The first kappa shape index (κ1) is 15.9. The molecule has 2 atom stereocenters. The monoisotopic (exact) mass is 342 g/mol. The number of hydrogen-bond acceptors (Lipinski definition) is 6. The summed E-state index contributed by atoms with van der Waals surface area (Å²) in [6.07, 6.45) is 6.93. The second kappa shape index (κ2) is 6.72. The van der Waals surface area contributed by atoms with Crippen LogP contribution in [0.1, 0.15) is 43.1 Å². The van der Waals surface area contributed by atoms with Gasteiger partial charge in [-0.05, 0) is 25.3 Å². The van der Waals surface area contributed by atoms with Crippen LogP contribution in [0.5, 0.6) is 0 Å². The maximum atomic E-state index is 14.4. The predicted molar refractivity (Wildman–Crippen MR) is 88.0 cm³/mol. The van der Waals surface area contributed by atoms with Crippen molar-refractivity contribution in [3.05, 3.63) is 48.1 Å². The van der Waals surface area contributed by atoms with Crippen molar-refractivity contribution in [1.29, 1.82) is 0 Å². The Kier molecular flexibility index (Phi) is 4.27. The predicted octanol–water partition coefficient (Wildman–Crippen LogP) is 2.50. The molecule has 1 fully saturated rings. The Morgan fingerprint density at radius 2 is 2.24 bits per heavy atom. The van der Waals surface area contributed by atoms with E-state index in [4.69, 9.17) is 10.3 Å². The number of benzene rings is 1. The van der Waals surface area contributed by atoms with Gasteiger partial charge in [-0.3, -0.25) is 0 Å². The van der Waals surface area contributed by atoms with Crippen molar-refractivity contribution in [2.24, 2.45) is 5.73 Å². The van der Waals surface area contributed by atoms with Crippen LogP contribution in [0.25, 0.3) is 11.4 Å². The number of rotatable bonds is 4. The van der Waals surface area contributed by atoms with E-state index in [1.165, 1.54) is 12.4 Å². The van der Waals surface area contributed by atoms with Gasteiger partial charge >= 0.3 is 0 Å². The Balaban J connectivity index is 1.53. The lowest BCUT2D eigenvalue weighted by molar-refractivity contribution is 0.299. The Hall–Kier alpha value is -2.61. The van der Waals surface area contributed by atoms with E-state index in [0.29, 0.717) is 29.4 Å². The van der Waals surface area contributed by atoms with Crippen LogP contribution in [0.2, 0.25) is 0 Å². The highest BCUT2D eigenvalue weighted by atomic mass is 19.1. The minimum atomic E-state index is -0.334. The summed E-state index contributed by atoms with van der Waals surface area (Å²) < 4.78 is 21.3. The van der Waals surface area contributed by atoms with Crippen molar-refractivity contribution in [2.45, 2.75) is 44.2 Å². The van der Waals surface area contributed by atoms with Crippen molar-refractivity contribution in [2.75, 3.05) is 0 Å². The number of nitrogens with zero attached hydrogens (tertiary/aromatic N) is 5. The third-order valence-electron chi connectivity index (χ3n) is 4.62. The van der Waals surface area contributed by atoms with Gasteiger partial charge in [0.15, 0.2) is 0 Å². The van der Waals surface area contributed by atoms with Crippen LogP contribution in [0.3, 0.4) is 0 Å². The lowest BCUT2D eigenvalue weighted by Crippen LogP contribution is -2.26. The first-order valence-electron chi connectivity index (χ1n) is 8.39. The van der Waals surface area contributed by atoms with Crippen molar-refractivity contribution >= 4 is 0 Å². The van der Waals surface area contributed by atoms with Gasteiger partial charge in [-0.25, -0.2) is 14.1 Å². The van der Waals surface area contributed by atoms with Crippen molar-refractivity contribution in [1.82, 2.24) is 24.9 Å². The summed E-state index contributed by atoms with van der Waals surface area (Å²) in [5, 5.41) is 8.00. The Morgan fingerprint density at radius 1 is 1.32 bits per heavy atom. The van der Waals surface area contributed by atoms with Gasteiger partial charge in [0.25, 0.3) is 0 Å². The molecule has 1 aliphatic carbocycles. The third kappa shape index (κ3) is 3.43. The molecule has 4 rings (SSSR count). The lowest BCUT2D eigenvalue weighted by Gasteiger charge is -2.23. The van der Waals surface area contributed by atoms with Gasteiger partial charge in [-0.2, -0.15) is 10.1 Å². The lowest BCUT2D eigenvalue weighted by atomic mass is 9.86. The molecule has 0 spiro atoms. The average Bonchev–Trinajstić information content (AvgIpc) is 3.28. The van der Waals surface area contributed by atoms with Crippen LogP contribution >= 0.6 is 0 Å². The van der Waals surface area contributed by atoms with E-state index in [1.807, 2.05) is 0 Å². The molecule has 0 aliphatic heterocycles. The number of halogens is 1. The minimum Gasteiger partial charge on any atom is -0.339 e. The molecule has 25 heavy (non-hydrogen) atoms. The van der Waals surface area contributed by atoms with Gasteiger partial charge in [-0.1, -0.05) is 23.7 Å². The molecule has 3 aromatic rings. The SMILES string of the molecule is N[C@@H]1CCC[C@H](c2nc(-c3ccc(Cn4cncn4)c(F)c3)no2)C1. The summed E-state index contributed by atoms with van der Waals surface area (Å²) in [6, 6.07) is 5.10. The van der Waals surface area contributed by atoms with Crippen molar-refractivity contribution < 1.29 is 8.91 Å². The van der Waals surface area contributed by atoms with E-state index < -0.39 is 0 Å². The van der Waals surface area contributed by atoms with Gasteiger partial charge in [0, 0.05) is 23.1 Å². The molecular formula is C17H19FN6O. The molecule has 1 saturated carbocycles. The van der Waals surface area contributed by atoms with Crippen LogP contribution in [-0.4, -0.2) is 30.9 Å². The van der Waals surface area contributed by atoms with E-state index in [2.05, 4.69) is 20.2 Å². The van der Waals surface area contributed by atoms with Gasteiger partial charge < -0.3 is 10.3 Å². The van der Waals surface area contributed by atoms with Gasteiger partial charge in [0.2, 0.25) is 11.7 Å². The minimum absolute atomic E-state index is 0.183. The van der Waals surface area contributed by atoms with Crippen molar-refractivity contribution in [3.63, 3.8) is 0 Å². The first-order valence-corrected chi connectivity index (χ1v) is 8.39. The molecule has 0 radical (unpaired) electrons. The zero-order valence-electron chi connectivity index (χ0n) is 13.7. The topological polar surface area (TPSA) is 95.7 Å². The van der Waals surface area contributed by atoms with E-state index >= 15 is 0 Å². The largest absolute Gasteiger partial charge is 0.339 e. The maximum Gasteiger partial charge on any atom is 0.230 e. The number of aromatic nitrogens is 5. The molecule has 2 N–H and O–H groups in total. The molecule has 1 aromatic carbocycles. The molecule has 0 saturated heterocycles. The molecule has 0 amide bonds. The van der Waals surface area contributed by atoms with E-state index in [1.54, 1.807) is 23.1 Å². The summed E-state index contributed by atoms with van der Waals surface area (Å²) in [6.45, 7) is 0.323. The summed E-state index contributed by atoms with van der Waals surface area (Å²) in [4.78, 5) is 8.31. The molecule has 0 bridgehead atoms. The molecule has 1 aliphatic rings. The molecule has 2 heterocycles. The summed E-state index contributed by atoms with van der Waals surface area (Å²) in [7, 11) is 0.